The second kappa shape index (κ2) is 4.24. The van der Waals surface area contributed by atoms with E-state index in [1.54, 1.807) is 24.3 Å². The molecule has 0 spiro atoms. The van der Waals surface area contributed by atoms with E-state index in [4.69, 9.17) is 10.2 Å². The van der Waals surface area contributed by atoms with Crippen LogP contribution in [0.1, 0.15) is 18.7 Å². The molecule has 16 heavy (non-hydrogen) atoms. The van der Waals surface area contributed by atoms with Crippen molar-refractivity contribution in [3.8, 4) is 5.75 Å². The van der Waals surface area contributed by atoms with E-state index >= 15 is 0 Å². The van der Waals surface area contributed by atoms with E-state index in [1.807, 2.05) is 6.92 Å². The van der Waals surface area contributed by atoms with Crippen LogP contribution in [0.15, 0.2) is 34.9 Å². The van der Waals surface area contributed by atoms with E-state index in [-0.39, 0.29) is 11.8 Å². The molecular formula is C11H13N3O2. The standard InChI is InChI=1S/C11H13N3O2/c1-7(12)10-6-16-11(14-10)13-8-3-2-4-9(15)5-8/h2-7,15H,12H2,1H3,(H,13,14). The summed E-state index contributed by atoms with van der Waals surface area (Å²) in [6, 6.07) is 6.90. The number of phenolic OH excluding ortho intramolecular Hbond substituents is 1. The Morgan fingerprint density at radius 2 is 2.31 bits per heavy atom. The summed E-state index contributed by atoms with van der Waals surface area (Å²) < 4.78 is 5.19. The van der Waals surface area contributed by atoms with Gasteiger partial charge in [0.1, 0.15) is 12.0 Å². The molecule has 1 atom stereocenters. The molecule has 1 unspecified atom stereocenters. The fourth-order valence-electron chi connectivity index (χ4n) is 1.26. The van der Waals surface area contributed by atoms with E-state index in [2.05, 4.69) is 10.3 Å². The number of hydrogen-bond donors (Lipinski definition) is 3. The van der Waals surface area contributed by atoms with Crippen LogP contribution in [-0.2, 0) is 0 Å². The van der Waals surface area contributed by atoms with Gasteiger partial charge in [-0.1, -0.05) is 6.07 Å². The Hall–Kier alpha value is -2.01. The normalized spacial score (nSPS) is 12.4. The minimum atomic E-state index is -0.163. The summed E-state index contributed by atoms with van der Waals surface area (Å²) in [6.45, 7) is 1.83. The van der Waals surface area contributed by atoms with Gasteiger partial charge in [-0.3, -0.25) is 0 Å². The van der Waals surface area contributed by atoms with Crippen molar-refractivity contribution < 1.29 is 9.52 Å². The number of nitrogens with one attached hydrogen (secondary N) is 1. The minimum absolute atomic E-state index is 0.163. The number of hydrogen-bond acceptors (Lipinski definition) is 5. The van der Waals surface area contributed by atoms with Crippen molar-refractivity contribution in [1.29, 1.82) is 0 Å². The highest BCUT2D eigenvalue weighted by atomic mass is 16.4. The molecule has 1 aromatic heterocycles. The maximum atomic E-state index is 9.27. The highest BCUT2D eigenvalue weighted by Gasteiger charge is 2.07. The molecule has 0 bridgehead atoms. The van der Waals surface area contributed by atoms with Crippen molar-refractivity contribution in [3.63, 3.8) is 0 Å². The van der Waals surface area contributed by atoms with Crippen LogP contribution >= 0.6 is 0 Å². The van der Waals surface area contributed by atoms with Crippen molar-refractivity contribution in [1.82, 2.24) is 4.98 Å². The van der Waals surface area contributed by atoms with Crippen LogP contribution in [0.4, 0.5) is 11.7 Å². The SMILES string of the molecule is CC(N)c1coc(Nc2cccc(O)c2)n1. The summed E-state index contributed by atoms with van der Waals surface area (Å²) in [4.78, 5) is 4.15. The van der Waals surface area contributed by atoms with E-state index < -0.39 is 0 Å². The number of anilines is 2. The van der Waals surface area contributed by atoms with Gasteiger partial charge in [0.25, 0.3) is 6.01 Å². The number of oxazole rings is 1. The summed E-state index contributed by atoms with van der Waals surface area (Å²) >= 11 is 0. The first-order valence-corrected chi connectivity index (χ1v) is 4.92. The Balaban J connectivity index is 2.14. The fourth-order valence-corrected chi connectivity index (χ4v) is 1.26. The zero-order valence-corrected chi connectivity index (χ0v) is 8.84. The maximum absolute atomic E-state index is 9.27. The van der Waals surface area contributed by atoms with Gasteiger partial charge in [-0.05, 0) is 19.1 Å². The van der Waals surface area contributed by atoms with Gasteiger partial charge in [-0.25, -0.2) is 0 Å². The van der Waals surface area contributed by atoms with Crippen LogP contribution in [-0.4, -0.2) is 10.1 Å². The summed E-state index contributed by atoms with van der Waals surface area (Å²) in [5.74, 6) is 0.184. The average Bonchev–Trinajstić information content (AvgIpc) is 2.66. The van der Waals surface area contributed by atoms with Gasteiger partial charge in [0.15, 0.2) is 0 Å². The molecular weight excluding hydrogens is 206 g/mol. The van der Waals surface area contributed by atoms with Gasteiger partial charge in [-0.2, -0.15) is 4.98 Å². The van der Waals surface area contributed by atoms with Crippen molar-refractivity contribution in [2.45, 2.75) is 13.0 Å². The third-order valence-electron chi connectivity index (χ3n) is 2.09. The number of nitrogens with two attached hydrogens (primary N) is 1. The topological polar surface area (TPSA) is 84.3 Å². The Labute approximate surface area is 92.9 Å². The third-order valence-corrected chi connectivity index (χ3v) is 2.09. The first-order chi connectivity index (χ1) is 7.65. The first-order valence-electron chi connectivity index (χ1n) is 4.92. The Morgan fingerprint density at radius 1 is 1.50 bits per heavy atom. The highest BCUT2D eigenvalue weighted by Crippen LogP contribution is 2.21. The lowest BCUT2D eigenvalue weighted by molar-refractivity contribution is 0.475. The fraction of sp³-hybridized carbons (Fsp3) is 0.182. The van der Waals surface area contributed by atoms with Crippen LogP contribution in [0.5, 0.6) is 5.75 Å². The lowest BCUT2D eigenvalue weighted by Crippen LogP contribution is -2.05. The Morgan fingerprint density at radius 3 is 2.94 bits per heavy atom. The van der Waals surface area contributed by atoms with Crippen LogP contribution in [0.2, 0.25) is 0 Å². The smallest absolute Gasteiger partial charge is 0.299 e. The van der Waals surface area contributed by atoms with Crippen LogP contribution in [0, 0.1) is 0 Å². The first kappa shape index (κ1) is 10.5. The van der Waals surface area contributed by atoms with Gasteiger partial charge in [0.2, 0.25) is 0 Å². The lowest BCUT2D eigenvalue weighted by atomic mass is 10.3. The number of phenols is 1. The number of aromatic nitrogens is 1. The highest BCUT2D eigenvalue weighted by molar-refractivity contribution is 5.54. The van der Waals surface area contributed by atoms with Gasteiger partial charge < -0.3 is 20.6 Å². The predicted molar refractivity (Wildman–Crippen MR) is 60.5 cm³/mol. The maximum Gasteiger partial charge on any atom is 0.299 e. The second-order valence-electron chi connectivity index (χ2n) is 3.54. The quantitative estimate of drug-likeness (QED) is 0.736. The minimum Gasteiger partial charge on any atom is -0.508 e. The zero-order valence-electron chi connectivity index (χ0n) is 8.84. The van der Waals surface area contributed by atoms with E-state index in [0.717, 1.165) is 0 Å². The molecule has 5 nitrogen and oxygen atoms in total. The molecule has 0 saturated heterocycles. The molecule has 84 valence electrons. The molecule has 0 saturated carbocycles. The van der Waals surface area contributed by atoms with Gasteiger partial charge in [0.05, 0.1) is 5.69 Å². The number of nitrogens with zero attached hydrogens (tertiary/aromatic N) is 1. The van der Waals surface area contributed by atoms with Crippen LogP contribution < -0.4 is 11.1 Å². The zero-order chi connectivity index (χ0) is 11.5. The average molecular weight is 219 g/mol. The molecule has 2 aromatic rings. The molecule has 0 radical (unpaired) electrons. The second-order valence-corrected chi connectivity index (χ2v) is 3.54. The summed E-state index contributed by atoms with van der Waals surface area (Å²) in [5.41, 5.74) is 7.04. The van der Waals surface area contributed by atoms with E-state index in [1.165, 1.54) is 6.26 Å². The number of benzene rings is 1. The van der Waals surface area contributed by atoms with Crippen molar-refractivity contribution >= 4 is 11.7 Å². The monoisotopic (exact) mass is 219 g/mol. The van der Waals surface area contributed by atoms with Crippen molar-refractivity contribution in [2.75, 3.05) is 5.32 Å². The molecule has 1 heterocycles. The van der Waals surface area contributed by atoms with Crippen molar-refractivity contribution in [3.05, 3.63) is 36.2 Å². The lowest BCUT2D eigenvalue weighted by Gasteiger charge is -2.01. The molecule has 5 heteroatoms. The number of rotatable bonds is 3. The third kappa shape index (κ3) is 2.32. The van der Waals surface area contributed by atoms with Crippen LogP contribution in [0.25, 0.3) is 0 Å². The largest absolute Gasteiger partial charge is 0.508 e. The predicted octanol–water partition coefficient (Wildman–Crippen LogP) is 2.14. The van der Waals surface area contributed by atoms with Gasteiger partial charge in [0, 0.05) is 17.8 Å². The van der Waals surface area contributed by atoms with E-state index in [9.17, 15) is 5.11 Å². The Bertz CT molecular complexity index is 480. The molecule has 4 N–H and O–H groups in total. The summed E-state index contributed by atoms with van der Waals surface area (Å²) in [7, 11) is 0. The van der Waals surface area contributed by atoms with Crippen molar-refractivity contribution in [2.24, 2.45) is 5.73 Å². The molecule has 0 aliphatic heterocycles. The molecule has 0 aliphatic rings. The summed E-state index contributed by atoms with van der Waals surface area (Å²) in [6.07, 6.45) is 1.51. The van der Waals surface area contributed by atoms with Crippen LogP contribution in [0.3, 0.4) is 0 Å². The molecule has 2 rings (SSSR count). The van der Waals surface area contributed by atoms with E-state index in [0.29, 0.717) is 17.4 Å². The van der Waals surface area contributed by atoms with Gasteiger partial charge in [-0.15, -0.1) is 0 Å². The Kier molecular flexibility index (Phi) is 2.78. The molecule has 0 fully saturated rings. The molecule has 1 aromatic carbocycles. The van der Waals surface area contributed by atoms with Gasteiger partial charge >= 0.3 is 0 Å². The summed E-state index contributed by atoms with van der Waals surface area (Å²) in [5, 5.41) is 12.2. The molecule has 0 amide bonds. The molecule has 0 aliphatic carbocycles. The number of aromatic hydroxyl groups is 1.